The smallest absolute Gasteiger partial charge is 0.306 e. The third-order valence-electron chi connectivity index (χ3n) is 6.52. The van der Waals surface area contributed by atoms with Crippen LogP contribution in [0.25, 0.3) is 0 Å². The van der Waals surface area contributed by atoms with Gasteiger partial charge in [0.15, 0.2) is 12.0 Å². The minimum absolute atomic E-state index is 0.00807. The Labute approximate surface area is 249 Å². The van der Waals surface area contributed by atoms with Crippen LogP contribution in [0.1, 0.15) is 71.4 Å². The number of hydrogen-bond donors (Lipinski definition) is 6. The summed E-state index contributed by atoms with van der Waals surface area (Å²) in [6, 6.07) is -0.982. The van der Waals surface area contributed by atoms with Crippen molar-refractivity contribution in [2.24, 2.45) is 5.73 Å². The Balaban J connectivity index is 1.87. The van der Waals surface area contributed by atoms with Crippen molar-refractivity contribution in [3.05, 3.63) is 6.20 Å². The van der Waals surface area contributed by atoms with E-state index in [1.165, 1.54) is 18.0 Å². The van der Waals surface area contributed by atoms with Gasteiger partial charge in [-0.15, -0.1) is 5.10 Å². The first-order valence-corrected chi connectivity index (χ1v) is 15.5. The molecular formula is C26H45N5O10S. The second kappa shape index (κ2) is 19.0. The first kappa shape index (κ1) is 35.9. The fraction of sp³-hybridized carbons (Fsp3) is 0.808. The molecule has 2 heterocycles. The Morgan fingerprint density at radius 1 is 1.05 bits per heavy atom. The summed E-state index contributed by atoms with van der Waals surface area (Å²) in [7, 11) is 0. The number of unbranched alkanes of at least 4 members (excludes halogenated alkanes) is 4. The molecule has 240 valence electrons. The van der Waals surface area contributed by atoms with Gasteiger partial charge in [0.25, 0.3) is 0 Å². The van der Waals surface area contributed by atoms with Crippen LogP contribution in [-0.4, -0.2) is 115 Å². The van der Waals surface area contributed by atoms with Gasteiger partial charge in [-0.3, -0.25) is 14.4 Å². The molecule has 0 spiro atoms. The zero-order valence-corrected chi connectivity index (χ0v) is 25.0. The number of nitrogens with one attached hydrogen (secondary N) is 1. The van der Waals surface area contributed by atoms with Crippen LogP contribution in [0.2, 0.25) is 0 Å². The topological polar surface area (TPSA) is 229 Å². The molecule has 0 radical (unpaired) electrons. The summed E-state index contributed by atoms with van der Waals surface area (Å²) in [6.45, 7) is 3.38. The molecule has 1 saturated heterocycles. The Bertz CT molecular complexity index is 968. The standard InChI is InChI=1S/C26H45N5O10S/c1-3-5-7-9-20(33)39-13-16(40-21(34)10-8-6-4-2)14-42-15-17(27)25(38)28-19-11-31(30-29-19)26-24(37)23(36)22(35)18(12-32)41-26/h11,16-18,22-24,26,32,35-37H,3-10,12-15,27H2,1-2H3,(H,28,38)/t16-,17-,18?,22?,23?,24?,26-/m1/s1. The molecule has 0 aliphatic carbocycles. The molecular weight excluding hydrogens is 574 g/mol. The number of esters is 2. The lowest BCUT2D eigenvalue weighted by molar-refractivity contribution is -0.254. The third-order valence-corrected chi connectivity index (χ3v) is 7.73. The maximum absolute atomic E-state index is 12.6. The van der Waals surface area contributed by atoms with E-state index in [4.69, 9.17) is 19.9 Å². The highest BCUT2D eigenvalue weighted by Gasteiger charge is 2.44. The highest BCUT2D eigenvalue weighted by atomic mass is 32.2. The van der Waals surface area contributed by atoms with Crippen LogP contribution < -0.4 is 11.1 Å². The molecule has 16 heteroatoms. The SMILES string of the molecule is CCCCCC(=O)OC[C@H](CSC[C@@H](N)C(=O)Nc1cn([C@@H]2OC(CO)C(O)C(O)C2O)nn1)OC(=O)CCCCC. The molecule has 1 aromatic rings. The van der Waals surface area contributed by atoms with E-state index in [9.17, 15) is 34.8 Å². The van der Waals surface area contributed by atoms with Gasteiger partial charge < -0.3 is 45.7 Å². The highest BCUT2D eigenvalue weighted by Crippen LogP contribution is 2.28. The number of aliphatic hydroxyl groups excluding tert-OH is 4. The van der Waals surface area contributed by atoms with Crippen molar-refractivity contribution in [1.29, 1.82) is 0 Å². The van der Waals surface area contributed by atoms with Gasteiger partial charge in [0, 0.05) is 24.3 Å². The number of carbonyl (C=O) groups is 3. The summed E-state index contributed by atoms with van der Waals surface area (Å²) in [5, 5.41) is 49.6. The molecule has 1 aromatic heterocycles. The average molecular weight is 620 g/mol. The van der Waals surface area contributed by atoms with E-state index >= 15 is 0 Å². The van der Waals surface area contributed by atoms with Crippen molar-refractivity contribution < 1.29 is 49.0 Å². The van der Waals surface area contributed by atoms with Crippen LogP contribution in [0.15, 0.2) is 6.20 Å². The zero-order valence-electron chi connectivity index (χ0n) is 24.2. The van der Waals surface area contributed by atoms with Crippen LogP contribution in [0, 0.1) is 0 Å². The molecule has 7 atom stereocenters. The van der Waals surface area contributed by atoms with Crippen molar-refractivity contribution >= 4 is 35.4 Å². The quantitative estimate of drug-likeness (QED) is 0.0875. The Kier molecular flexibility index (Phi) is 16.3. The largest absolute Gasteiger partial charge is 0.462 e. The molecule has 1 aliphatic heterocycles. The maximum Gasteiger partial charge on any atom is 0.306 e. The van der Waals surface area contributed by atoms with Crippen molar-refractivity contribution in [3.8, 4) is 0 Å². The Hall–Kier alpha value is -2.34. The Morgan fingerprint density at radius 3 is 2.36 bits per heavy atom. The molecule has 2 rings (SSSR count). The van der Waals surface area contributed by atoms with Gasteiger partial charge in [-0.1, -0.05) is 44.7 Å². The van der Waals surface area contributed by atoms with Gasteiger partial charge >= 0.3 is 11.9 Å². The van der Waals surface area contributed by atoms with E-state index < -0.39 is 55.3 Å². The first-order chi connectivity index (χ1) is 20.1. The monoisotopic (exact) mass is 619 g/mol. The van der Waals surface area contributed by atoms with Crippen LogP contribution >= 0.6 is 11.8 Å². The zero-order chi connectivity index (χ0) is 31.1. The summed E-state index contributed by atoms with van der Waals surface area (Å²) in [5.74, 6) is -0.907. The molecule has 15 nitrogen and oxygen atoms in total. The van der Waals surface area contributed by atoms with Crippen LogP contribution in [0.4, 0.5) is 5.82 Å². The number of ether oxygens (including phenoxy) is 3. The maximum atomic E-state index is 12.6. The molecule has 42 heavy (non-hydrogen) atoms. The van der Waals surface area contributed by atoms with E-state index in [1.54, 1.807) is 0 Å². The summed E-state index contributed by atoms with van der Waals surface area (Å²) in [5.41, 5.74) is 6.03. The van der Waals surface area contributed by atoms with E-state index in [0.717, 1.165) is 36.8 Å². The number of aromatic nitrogens is 3. The van der Waals surface area contributed by atoms with Crippen LogP contribution in [0.5, 0.6) is 0 Å². The minimum atomic E-state index is -1.60. The second-order valence-electron chi connectivity index (χ2n) is 10.1. The number of amides is 1. The molecule has 1 amide bonds. The van der Waals surface area contributed by atoms with E-state index in [1.807, 2.05) is 13.8 Å². The average Bonchev–Trinajstić information content (AvgIpc) is 3.43. The lowest BCUT2D eigenvalue weighted by Gasteiger charge is -2.39. The first-order valence-electron chi connectivity index (χ1n) is 14.3. The fourth-order valence-electron chi connectivity index (χ4n) is 4.04. The predicted molar refractivity (Wildman–Crippen MR) is 152 cm³/mol. The number of aliphatic hydroxyl groups is 4. The minimum Gasteiger partial charge on any atom is -0.462 e. The number of thioether (sulfide) groups is 1. The lowest BCUT2D eigenvalue weighted by atomic mass is 9.98. The van der Waals surface area contributed by atoms with Gasteiger partial charge in [0.1, 0.15) is 37.1 Å². The van der Waals surface area contributed by atoms with Gasteiger partial charge in [0.2, 0.25) is 5.91 Å². The second-order valence-corrected chi connectivity index (χ2v) is 11.2. The number of hydrogen-bond acceptors (Lipinski definition) is 14. The summed E-state index contributed by atoms with van der Waals surface area (Å²) in [4.78, 5) is 36.9. The van der Waals surface area contributed by atoms with Crippen molar-refractivity contribution in [2.75, 3.05) is 30.0 Å². The van der Waals surface area contributed by atoms with Gasteiger partial charge in [0.05, 0.1) is 18.8 Å². The molecule has 4 unspecified atom stereocenters. The molecule has 1 fully saturated rings. The number of nitrogens with zero attached hydrogens (tertiary/aromatic N) is 3. The van der Waals surface area contributed by atoms with Gasteiger partial charge in [-0.25, -0.2) is 4.68 Å². The lowest BCUT2D eigenvalue weighted by Crippen LogP contribution is -2.56. The molecule has 0 bridgehead atoms. The molecule has 1 aliphatic rings. The fourth-order valence-corrected chi connectivity index (χ4v) is 5.01. The van der Waals surface area contributed by atoms with Gasteiger partial charge in [-0.2, -0.15) is 11.8 Å². The van der Waals surface area contributed by atoms with E-state index in [2.05, 4.69) is 15.6 Å². The van der Waals surface area contributed by atoms with E-state index in [-0.39, 0.29) is 42.3 Å². The van der Waals surface area contributed by atoms with Crippen molar-refractivity contribution in [2.45, 2.75) is 108 Å². The summed E-state index contributed by atoms with van der Waals surface area (Å²) >= 11 is 1.26. The molecule has 0 saturated carbocycles. The van der Waals surface area contributed by atoms with Crippen LogP contribution in [0.3, 0.4) is 0 Å². The predicted octanol–water partition coefficient (Wildman–Crippen LogP) is -0.135. The summed E-state index contributed by atoms with van der Waals surface area (Å²) < 4.78 is 17.3. The van der Waals surface area contributed by atoms with Crippen LogP contribution in [-0.2, 0) is 28.6 Å². The summed E-state index contributed by atoms with van der Waals surface area (Å²) in [6.07, 6.45) is -0.782. The number of nitrogens with two attached hydrogens (primary N) is 1. The number of rotatable bonds is 19. The van der Waals surface area contributed by atoms with Crippen molar-refractivity contribution in [3.63, 3.8) is 0 Å². The normalized spacial score (nSPS) is 23.6. The van der Waals surface area contributed by atoms with Gasteiger partial charge in [-0.05, 0) is 12.8 Å². The van der Waals surface area contributed by atoms with E-state index in [0.29, 0.717) is 12.8 Å². The number of carbonyl (C=O) groups excluding carboxylic acids is 3. The van der Waals surface area contributed by atoms with Crippen molar-refractivity contribution in [1.82, 2.24) is 15.0 Å². The highest BCUT2D eigenvalue weighted by molar-refractivity contribution is 7.99. The Morgan fingerprint density at radius 2 is 1.71 bits per heavy atom. The third kappa shape index (κ3) is 11.7. The number of anilines is 1. The molecule has 7 N–H and O–H groups in total. The molecule has 0 aromatic carbocycles.